The van der Waals surface area contributed by atoms with Crippen LogP contribution in [0.25, 0.3) is 0 Å². The van der Waals surface area contributed by atoms with Crippen molar-refractivity contribution in [1.82, 2.24) is 9.47 Å². The van der Waals surface area contributed by atoms with Crippen molar-refractivity contribution in [1.29, 1.82) is 0 Å². The van der Waals surface area contributed by atoms with Crippen molar-refractivity contribution >= 4 is 11.6 Å². The minimum absolute atomic E-state index is 0.0332. The number of hydrogen-bond donors (Lipinski definition) is 1. The molecule has 1 aliphatic carbocycles. The van der Waals surface area contributed by atoms with Crippen LogP contribution in [0.15, 0.2) is 12.3 Å². The Balaban J connectivity index is 2.24. The molecule has 7 nitrogen and oxygen atoms in total. The number of aryl methyl sites for hydroxylation is 1. The fourth-order valence-corrected chi connectivity index (χ4v) is 2.57. The quantitative estimate of drug-likeness (QED) is 0.613. The average Bonchev–Trinajstić information content (AvgIpc) is 2.84. The molecule has 0 saturated heterocycles. The van der Waals surface area contributed by atoms with Crippen LogP contribution in [-0.2, 0) is 6.54 Å². The highest BCUT2D eigenvalue weighted by atomic mass is 16.6. The van der Waals surface area contributed by atoms with E-state index in [2.05, 4.69) is 0 Å². The van der Waals surface area contributed by atoms with Gasteiger partial charge in [-0.3, -0.25) is 14.9 Å². The van der Waals surface area contributed by atoms with Gasteiger partial charge in [0.1, 0.15) is 5.69 Å². The number of aliphatic hydroxyl groups excluding tert-OH is 1. The van der Waals surface area contributed by atoms with E-state index in [0.29, 0.717) is 25.2 Å². The maximum absolute atomic E-state index is 12.7. The summed E-state index contributed by atoms with van der Waals surface area (Å²) >= 11 is 0. The Kier molecular flexibility index (Phi) is 4.95. The molecule has 1 amide bonds. The predicted molar refractivity (Wildman–Crippen MR) is 77.1 cm³/mol. The number of hydrogen-bond acceptors (Lipinski definition) is 4. The molecular weight excluding hydrogens is 274 g/mol. The number of nitro groups is 1. The highest BCUT2D eigenvalue weighted by Crippen LogP contribution is 2.27. The van der Waals surface area contributed by atoms with Crippen LogP contribution in [0.2, 0.25) is 0 Å². The van der Waals surface area contributed by atoms with Gasteiger partial charge in [0, 0.05) is 31.8 Å². The molecule has 1 saturated carbocycles. The summed E-state index contributed by atoms with van der Waals surface area (Å²) in [5.74, 6) is -0.178. The SMILES string of the molecule is CCn1cc([N+](=O)[O-])cc1C(=O)N(CCCO)C1CCC1. The molecule has 1 aliphatic rings. The highest BCUT2D eigenvalue weighted by molar-refractivity contribution is 5.94. The summed E-state index contributed by atoms with van der Waals surface area (Å²) in [5.41, 5.74) is 0.296. The van der Waals surface area contributed by atoms with E-state index in [1.165, 1.54) is 12.3 Å². The van der Waals surface area contributed by atoms with Gasteiger partial charge in [-0.1, -0.05) is 0 Å². The third-order valence-electron chi connectivity index (χ3n) is 3.99. The number of rotatable bonds is 7. The van der Waals surface area contributed by atoms with Gasteiger partial charge < -0.3 is 14.6 Å². The molecule has 0 radical (unpaired) electrons. The molecule has 1 N–H and O–H groups in total. The molecule has 0 unspecified atom stereocenters. The summed E-state index contributed by atoms with van der Waals surface area (Å²) in [6.07, 6.45) is 4.95. The molecule has 1 aromatic rings. The second kappa shape index (κ2) is 6.71. The topological polar surface area (TPSA) is 88.6 Å². The fourth-order valence-electron chi connectivity index (χ4n) is 2.57. The minimum Gasteiger partial charge on any atom is -0.396 e. The second-order valence-corrected chi connectivity index (χ2v) is 5.29. The van der Waals surface area contributed by atoms with E-state index in [9.17, 15) is 14.9 Å². The summed E-state index contributed by atoms with van der Waals surface area (Å²) in [7, 11) is 0. The van der Waals surface area contributed by atoms with Gasteiger partial charge in [-0.05, 0) is 32.6 Å². The Hall–Kier alpha value is -1.89. The van der Waals surface area contributed by atoms with Gasteiger partial charge in [0.25, 0.3) is 11.6 Å². The normalized spacial score (nSPS) is 14.8. The molecule has 0 aliphatic heterocycles. The number of carbonyl (C=O) groups excluding carboxylic acids is 1. The number of nitrogens with zero attached hydrogens (tertiary/aromatic N) is 3. The van der Waals surface area contributed by atoms with Crippen molar-refractivity contribution < 1.29 is 14.8 Å². The van der Waals surface area contributed by atoms with Crippen molar-refractivity contribution in [3.63, 3.8) is 0 Å². The fraction of sp³-hybridized carbons (Fsp3) is 0.643. The Morgan fingerprint density at radius 3 is 2.76 bits per heavy atom. The van der Waals surface area contributed by atoms with Crippen molar-refractivity contribution in [3.05, 3.63) is 28.1 Å². The lowest BCUT2D eigenvalue weighted by Crippen LogP contribution is -2.45. The van der Waals surface area contributed by atoms with Gasteiger partial charge >= 0.3 is 0 Å². The van der Waals surface area contributed by atoms with Gasteiger partial charge in [0.05, 0.1) is 11.1 Å². The van der Waals surface area contributed by atoms with Crippen molar-refractivity contribution in [3.8, 4) is 0 Å². The minimum atomic E-state index is -0.482. The van der Waals surface area contributed by atoms with E-state index in [1.807, 2.05) is 6.92 Å². The van der Waals surface area contributed by atoms with Crippen LogP contribution in [0.1, 0.15) is 43.1 Å². The van der Waals surface area contributed by atoms with Crippen LogP contribution < -0.4 is 0 Å². The third kappa shape index (κ3) is 3.24. The summed E-state index contributed by atoms with van der Waals surface area (Å²) in [5, 5.41) is 19.9. The molecule has 2 rings (SSSR count). The Morgan fingerprint density at radius 2 is 2.29 bits per heavy atom. The highest BCUT2D eigenvalue weighted by Gasteiger charge is 2.31. The van der Waals surface area contributed by atoms with E-state index < -0.39 is 4.92 Å². The lowest BCUT2D eigenvalue weighted by atomic mass is 9.91. The molecule has 0 aromatic carbocycles. The first-order valence-corrected chi connectivity index (χ1v) is 7.34. The average molecular weight is 295 g/mol. The number of aliphatic hydroxyl groups is 1. The molecule has 0 spiro atoms. The largest absolute Gasteiger partial charge is 0.396 e. The summed E-state index contributed by atoms with van der Waals surface area (Å²) in [6, 6.07) is 1.54. The number of aromatic nitrogens is 1. The third-order valence-corrected chi connectivity index (χ3v) is 3.99. The molecule has 116 valence electrons. The smallest absolute Gasteiger partial charge is 0.287 e. The van der Waals surface area contributed by atoms with Gasteiger partial charge in [-0.25, -0.2) is 0 Å². The second-order valence-electron chi connectivity index (χ2n) is 5.29. The van der Waals surface area contributed by atoms with E-state index >= 15 is 0 Å². The lowest BCUT2D eigenvalue weighted by Gasteiger charge is -2.37. The maximum atomic E-state index is 12.7. The lowest BCUT2D eigenvalue weighted by molar-refractivity contribution is -0.384. The van der Waals surface area contributed by atoms with E-state index in [4.69, 9.17) is 5.11 Å². The molecule has 21 heavy (non-hydrogen) atoms. The van der Waals surface area contributed by atoms with Gasteiger partial charge in [-0.2, -0.15) is 0 Å². The van der Waals surface area contributed by atoms with Crippen LogP contribution >= 0.6 is 0 Å². The Labute approximate surface area is 123 Å². The van der Waals surface area contributed by atoms with Gasteiger partial charge in [-0.15, -0.1) is 0 Å². The van der Waals surface area contributed by atoms with Gasteiger partial charge in [0.2, 0.25) is 0 Å². The predicted octanol–water partition coefficient (Wildman–Crippen LogP) is 1.79. The molecule has 1 heterocycles. The van der Waals surface area contributed by atoms with Crippen LogP contribution in [-0.4, -0.2) is 44.6 Å². The Bertz CT molecular complexity index is 522. The Morgan fingerprint density at radius 1 is 1.57 bits per heavy atom. The van der Waals surface area contributed by atoms with E-state index in [-0.39, 0.29) is 24.2 Å². The maximum Gasteiger partial charge on any atom is 0.287 e. The zero-order valence-electron chi connectivity index (χ0n) is 12.2. The van der Waals surface area contributed by atoms with Crippen LogP contribution in [0.4, 0.5) is 5.69 Å². The molecular formula is C14H21N3O4. The zero-order chi connectivity index (χ0) is 15.4. The molecule has 0 atom stereocenters. The molecule has 1 aromatic heterocycles. The van der Waals surface area contributed by atoms with Crippen LogP contribution in [0.3, 0.4) is 0 Å². The van der Waals surface area contributed by atoms with E-state index in [0.717, 1.165) is 19.3 Å². The number of carbonyl (C=O) groups is 1. The van der Waals surface area contributed by atoms with Crippen LogP contribution in [0, 0.1) is 10.1 Å². The first-order valence-electron chi connectivity index (χ1n) is 7.34. The summed E-state index contributed by atoms with van der Waals surface area (Å²) < 4.78 is 1.62. The standard InChI is InChI=1S/C14H21N3O4/c1-2-15-10-12(17(20)21)9-13(15)14(19)16(7-4-8-18)11-5-3-6-11/h9-11,18H,2-8H2,1H3. The zero-order valence-corrected chi connectivity index (χ0v) is 12.2. The van der Waals surface area contributed by atoms with Crippen LogP contribution in [0.5, 0.6) is 0 Å². The first kappa shape index (κ1) is 15.5. The molecule has 7 heteroatoms. The molecule has 0 bridgehead atoms. The van der Waals surface area contributed by atoms with E-state index in [1.54, 1.807) is 9.47 Å². The monoisotopic (exact) mass is 295 g/mol. The van der Waals surface area contributed by atoms with Crippen molar-refractivity contribution in [2.75, 3.05) is 13.2 Å². The molecule has 1 fully saturated rings. The van der Waals surface area contributed by atoms with Gasteiger partial charge in [0.15, 0.2) is 0 Å². The van der Waals surface area contributed by atoms with Crippen molar-refractivity contribution in [2.24, 2.45) is 0 Å². The summed E-state index contributed by atoms with van der Waals surface area (Å²) in [6.45, 7) is 2.88. The summed E-state index contributed by atoms with van der Waals surface area (Å²) in [4.78, 5) is 24.9. The van der Waals surface area contributed by atoms with Crippen molar-refractivity contribution in [2.45, 2.75) is 45.2 Å². The number of amides is 1. The first-order chi connectivity index (χ1) is 10.1.